The number of anilines is 2. The molecule has 0 radical (unpaired) electrons. The van der Waals surface area contributed by atoms with Crippen molar-refractivity contribution in [3.8, 4) is 0 Å². The molecule has 0 aromatic heterocycles. The second-order valence-electron chi connectivity index (χ2n) is 4.19. The maximum absolute atomic E-state index is 12.9. The number of para-hydroxylation sites is 1. The molecule has 1 aliphatic heterocycles. The highest BCUT2D eigenvalue weighted by atomic mass is 19.1. The number of hydrogen-bond acceptors (Lipinski definition) is 2. The predicted octanol–water partition coefficient (Wildman–Crippen LogP) is 3.58. The topological polar surface area (TPSA) is 6.48 Å². The van der Waals surface area contributed by atoms with Crippen LogP contribution in [0.15, 0.2) is 67.0 Å². The van der Waals surface area contributed by atoms with E-state index in [2.05, 4.69) is 21.9 Å². The molecule has 2 nitrogen and oxygen atoms in total. The van der Waals surface area contributed by atoms with Gasteiger partial charge in [0.25, 0.3) is 0 Å². The summed E-state index contributed by atoms with van der Waals surface area (Å²) < 4.78 is 12.9. The van der Waals surface area contributed by atoms with Gasteiger partial charge in [0.2, 0.25) is 0 Å². The van der Waals surface area contributed by atoms with Crippen molar-refractivity contribution in [2.75, 3.05) is 16.5 Å². The minimum absolute atomic E-state index is 0.207. The third kappa shape index (κ3) is 2.07. The third-order valence-electron chi connectivity index (χ3n) is 2.98. The predicted molar refractivity (Wildman–Crippen MR) is 71.8 cm³/mol. The van der Waals surface area contributed by atoms with Crippen LogP contribution >= 0.6 is 0 Å². The Balaban J connectivity index is 1.77. The van der Waals surface area contributed by atoms with Crippen LogP contribution in [0.2, 0.25) is 0 Å². The summed E-state index contributed by atoms with van der Waals surface area (Å²) in [6.07, 6.45) is 4.03. The fourth-order valence-corrected chi connectivity index (χ4v) is 2.01. The monoisotopic (exact) mass is 240 g/mol. The van der Waals surface area contributed by atoms with Crippen LogP contribution in [0.25, 0.3) is 0 Å². The van der Waals surface area contributed by atoms with Gasteiger partial charge in [0.1, 0.15) is 5.82 Å². The molecule has 3 heteroatoms. The van der Waals surface area contributed by atoms with Crippen molar-refractivity contribution in [3.63, 3.8) is 0 Å². The summed E-state index contributed by atoms with van der Waals surface area (Å²) >= 11 is 0. The Kier molecular flexibility index (Phi) is 2.73. The van der Waals surface area contributed by atoms with Gasteiger partial charge in [-0.15, -0.1) is 0 Å². The van der Waals surface area contributed by atoms with E-state index in [1.807, 2.05) is 30.6 Å². The Bertz CT molecular complexity index is 548. The summed E-state index contributed by atoms with van der Waals surface area (Å²) in [5.74, 6) is -0.207. The van der Waals surface area contributed by atoms with E-state index in [-0.39, 0.29) is 5.82 Å². The normalized spacial score (nSPS) is 14.3. The SMILES string of the molecule is Fc1ccc(N2C=CN(c3ccccc3)C2)cc1. The average molecular weight is 240 g/mol. The van der Waals surface area contributed by atoms with E-state index in [1.165, 1.54) is 12.1 Å². The van der Waals surface area contributed by atoms with Gasteiger partial charge in [-0.1, -0.05) is 18.2 Å². The molecule has 0 spiro atoms. The van der Waals surface area contributed by atoms with E-state index < -0.39 is 0 Å². The average Bonchev–Trinajstić information content (AvgIpc) is 2.90. The minimum Gasteiger partial charge on any atom is -0.328 e. The van der Waals surface area contributed by atoms with Gasteiger partial charge in [0.15, 0.2) is 0 Å². The zero-order valence-corrected chi connectivity index (χ0v) is 9.83. The van der Waals surface area contributed by atoms with Crippen LogP contribution in [0.1, 0.15) is 0 Å². The Labute approximate surface area is 106 Å². The second kappa shape index (κ2) is 4.53. The van der Waals surface area contributed by atoms with Gasteiger partial charge < -0.3 is 9.80 Å². The van der Waals surface area contributed by atoms with Crippen LogP contribution in [0.3, 0.4) is 0 Å². The van der Waals surface area contributed by atoms with Gasteiger partial charge in [-0.25, -0.2) is 4.39 Å². The summed E-state index contributed by atoms with van der Waals surface area (Å²) in [5, 5.41) is 0. The van der Waals surface area contributed by atoms with Gasteiger partial charge in [0, 0.05) is 23.8 Å². The molecule has 0 saturated heterocycles. The first-order chi connectivity index (χ1) is 8.83. The maximum Gasteiger partial charge on any atom is 0.123 e. The molecule has 2 aromatic carbocycles. The lowest BCUT2D eigenvalue weighted by Crippen LogP contribution is -2.24. The largest absolute Gasteiger partial charge is 0.328 e. The number of halogens is 1. The smallest absolute Gasteiger partial charge is 0.123 e. The molecule has 0 bridgehead atoms. The van der Waals surface area contributed by atoms with Crippen LogP contribution in [-0.4, -0.2) is 6.67 Å². The minimum atomic E-state index is -0.207. The highest BCUT2D eigenvalue weighted by molar-refractivity contribution is 5.58. The van der Waals surface area contributed by atoms with Crippen molar-refractivity contribution in [3.05, 3.63) is 72.8 Å². The Hall–Kier alpha value is -2.29. The first-order valence-corrected chi connectivity index (χ1v) is 5.85. The molecule has 0 amide bonds. The van der Waals surface area contributed by atoms with Crippen LogP contribution in [0.4, 0.5) is 15.8 Å². The zero-order chi connectivity index (χ0) is 12.4. The number of benzene rings is 2. The van der Waals surface area contributed by atoms with Crippen LogP contribution in [0, 0.1) is 5.82 Å². The Morgan fingerprint density at radius 2 is 1.28 bits per heavy atom. The second-order valence-corrected chi connectivity index (χ2v) is 4.19. The molecule has 90 valence electrons. The summed E-state index contributed by atoms with van der Waals surface area (Å²) in [6, 6.07) is 16.7. The molecule has 0 fully saturated rings. The van der Waals surface area contributed by atoms with Gasteiger partial charge in [-0.05, 0) is 36.4 Å². The summed E-state index contributed by atoms with van der Waals surface area (Å²) in [7, 11) is 0. The highest BCUT2D eigenvalue weighted by Gasteiger charge is 2.14. The van der Waals surface area contributed by atoms with Crippen molar-refractivity contribution in [2.24, 2.45) is 0 Å². The molecule has 1 aliphatic rings. The lowest BCUT2D eigenvalue weighted by atomic mass is 10.3. The summed E-state index contributed by atoms with van der Waals surface area (Å²) in [4.78, 5) is 4.22. The molecule has 18 heavy (non-hydrogen) atoms. The maximum atomic E-state index is 12.9. The lowest BCUT2D eigenvalue weighted by molar-refractivity contribution is 0.628. The molecular formula is C15H13FN2. The van der Waals surface area contributed by atoms with Gasteiger partial charge in [0.05, 0.1) is 6.67 Å². The molecule has 1 heterocycles. The molecule has 0 unspecified atom stereocenters. The van der Waals surface area contributed by atoms with Crippen molar-refractivity contribution < 1.29 is 4.39 Å². The van der Waals surface area contributed by atoms with E-state index in [9.17, 15) is 4.39 Å². The molecule has 0 aliphatic carbocycles. The van der Waals surface area contributed by atoms with Crippen molar-refractivity contribution >= 4 is 11.4 Å². The fraction of sp³-hybridized carbons (Fsp3) is 0.0667. The summed E-state index contributed by atoms with van der Waals surface area (Å²) in [5.41, 5.74) is 2.14. The quantitative estimate of drug-likeness (QED) is 0.791. The molecule has 0 saturated carbocycles. The van der Waals surface area contributed by atoms with Crippen LogP contribution < -0.4 is 9.80 Å². The van der Waals surface area contributed by atoms with Gasteiger partial charge >= 0.3 is 0 Å². The van der Waals surface area contributed by atoms with Crippen LogP contribution in [-0.2, 0) is 0 Å². The first-order valence-electron chi connectivity index (χ1n) is 5.85. The molecule has 2 aromatic rings. The molecule has 3 rings (SSSR count). The fourth-order valence-electron chi connectivity index (χ4n) is 2.01. The van der Waals surface area contributed by atoms with Gasteiger partial charge in [-0.3, -0.25) is 0 Å². The number of hydrogen-bond donors (Lipinski definition) is 0. The zero-order valence-electron chi connectivity index (χ0n) is 9.83. The third-order valence-corrected chi connectivity index (χ3v) is 2.98. The standard InChI is InChI=1S/C15H13FN2/c16-13-6-8-15(9-7-13)18-11-10-17(12-18)14-4-2-1-3-5-14/h1-11H,12H2. The lowest BCUT2D eigenvalue weighted by Gasteiger charge is -2.21. The molecule has 0 atom stereocenters. The summed E-state index contributed by atoms with van der Waals surface area (Å²) in [6.45, 7) is 0.746. The van der Waals surface area contributed by atoms with E-state index >= 15 is 0 Å². The van der Waals surface area contributed by atoms with Crippen LogP contribution in [0.5, 0.6) is 0 Å². The first kappa shape index (κ1) is 10.8. The Morgan fingerprint density at radius 3 is 1.89 bits per heavy atom. The van der Waals surface area contributed by atoms with E-state index in [0.717, 1.165) is 18.0 Å². The highest BCUT2D eigenvalue weighted by Crippen LogP contribution is 2.23. The molecular weight excluding hydrogens is 227 g/mol. The van der Waals surface area contributed by atoms with Gasteiger partial charge in [-0.2, -0.15) is 0 Å². The van der Waals surface area contributed by atoms with E-state index in [0.29, 0.717) is 0 Å². The van der Waals surface area contributed by atoms with Crippen molar-refractivity contribution in [1.29, 1.82) is 0 Å². The molecule has 0 N–H and O–H groups in total. The van der Waals surface area contributed by atoms with Crippen molar-refractivity contribution in [1.82, 2.24) is 0 Å². The number of nitrogens with zero attached hydrogens (tertiary/aromatic N) is 2. The van der Waals surface area contributed by atoms with E-state index in [4.69, 9.17) is 0 Å². The number of rotatable bonds is 2. The van der Waals surface area contributed by atoms with Crippen molar-refractivity contribution in [2.45, 2.75) is 0 Å². The van der Waals surface area contributed by atoms with E-state index in [1.54, 1.807) is 12.1 Å². The Morgan fingerprint density at radius 1 is 0.722 bits per heavy atom.